The highest BCUT2D eigenvalue weighted by Gasteiger charge is 2.24. The van der Waals surface area contributed by atoms with Crippen molar-refractivity contribution in [2.75, 3.05) is 31.1 Å². The molecule has 5 heteroatoms. The first-order valence-electron chi connectivity index (χ1n) is 10.6. The molecular formula is C23H30N4O. The maximum atomic E-state index is 12.9. The van der Waals surface area contributed by atoms with Crippen LogP contribution in [0.5, 0.6) is 0 Å². The van der Waals surface area contributed by atoms with Crippen LogP contribution in [-0.2, 0) is 6.42 Å². The maximum Gasteiger partial charge on any atom is 0.272 e. The van der Waals surface area contributed by atoms with Crippen LogP contribution in [0, 0.1) is 12.8 Å². The summed E-state index contributed by atoms with van der Waals surface area (Å²) in [5.74, 6) is 2.37. The van der Waals surface area contributed by atoms with Crippen LogP contribution in [0.1, 0.15) is 54.0 Å². The second-order valence-electron chi connectivity index (χ2n) is 8.13. The van der Waals surface area contributed by atoms with Gasteiger partial charge in [0.15, 0.2) is 0 Å². The summed E-state index contributed by atoms with van der Waals surface area (Å²) in [6.45, 7) is 5.57. The monoisotopic (exact) mass is 378 g/mol. The fourth-order valence-electron chi connectivity index (χ4n) is 4.40. The van der Waals surface area contributed by atoms with Crippen molar-refractivity contribution in [2.24, 2.45) is 5.92 Å². The van der Waals surface area contributed by atoms with Crippen molar-refractivity contribution in [3.8, 4) is 0 Å². The van der Waals surface area contributed by atoms with Crippen LogP contribution in [0.25, 0.3) is 0 Å². The Morgan fingerprint density at radius 3 is 2.43 bits per heavy atom. The van der Waals surface area contributed by atoms with E-state index in [1.165, 1.54) is 12.0 Å². The molecule has 0 saturated carbocycles. The van der Waals surface area contributed by atoms with Crippen LogP contribution < -0.4 is 4.90 Å². The molecule has 2 aliphatic rings. The first-order chi connectivity index (χ1) is 13.7. The predicted octanol–water partition coefficient (Wildman–Crippen LogP) is 3.87. The number of likely N-dealkylation sites (tertiary alicyclic amines) is 1. The lowest BCUT2D eigenvalue weighted by Crippen LogP contribution is -2.37. The van der Waals surface area contributed by atoms with Gasteiger partial charge in [-0.1, -0.05) is 30.3 Å². The molecule has 0 spiro atoms. The summed E-state index contributed by atoms with van der Waals surface area (Å²) in [5, 5.41) is 0. The van der Waals surface area contributed by atoms with Crippen LogP contribution >= 0.6 is 0 Å². The average molecular weight is 379 g/mol. The molecule has 0 N–H and O–H groups in total. The summed E-state index contributed by atoms with van der Waals surface area (Å²) in [6, 6.07) is 12.7. The van der Waals surface area contributed by atoms with Gasteiger partial charge in [-0.25, -0.2) is 9.97 Å². The highest BCUT2D eigenvalue weighted by Crippen LogP contribution is 2.25. The van der Waals surface area contributed by atoms with E-state index in [0.717, 1.165) is 70.0 Å². The van der Waals surface area contributed by atoms with E-state index in [4.69, 9.17) is 0 Å². The molecule has 28 heavy (non-hydrogen) atoms. The van der Waals surface area contributed by atoms with Crippen molar-refractivity contribution in [3.63, 3.8) is 0 Å². The van der Waals surface area contributed by atoms with Crippen molar-refractivity contribution in [1.29, 1.82) is 0 Å². The average Bonchev–Trinajstić information content (AvgIpc) is 2.75. The van der Waals surface area contributed by atoms with Gasteiger partial charge in [0.1, 0.15) is 17.3 Å². The van der Waals surface area contributed by atoms with Crippen LogP contribution in [0.4, 0.5) is 5.82 Å². The zero-order valence-electron chi connectivity index (χ0n) is 16.8. The number of amides is 1. The second-order valence-corrected chi connectivity index (χ2v) is 8.13. The van der Waals surface area contributed by atoms with Gasteiger partial charge in [0.25, 0.3) is 5.91 Å². The number of aromatic nitrogens is 2. The lowest BCUT2D eigenvalue weighted by atomic mass is 9.90. The summed E-state index contributed by atoms with van der Waals surface area (Å²) < 4.78 is 0. The number of hydrogen-bond donors (Lipinski definition) is 0. The standard InChI is InChI=1S/C23H30N4O/c1-18-24-21(23(28)27-12-6-3-7-13-27)17-22(25-18)26-14-10-20(11-15-26)16-19-8-4-2-5-9-19/h2,4-5,8-9,17,20H,3,6-7,10-16H2,1H3. The molecule has 0 unspecified atom stereocenters. The molecule has 0 radical (unpaired) electrons. The number of benzene rings is 1. The van der Waals surface area contributed by atoms with E-state index < -0.39 is 0 Å². The van der Waals surface area contributed by atoms with Gasteiger partial charge >= 0.3 is 0 Å². The number of nitrogens with zero attached hydrogens (tertiary/aromatic N) is 4. The molecular weight excluding hydrogens is 348 g/mol. The van der Waals surface area contributed by atoms with Gasteiger partial charge in [-0.05, 0) is 56.9 Å². The van der Waals surface area contributed by atoms with E-state index >= 15 is 0 Å². The zero-order chi connectivity index (χ0) is 19.3. The minimum atomic E-state index is 0.0606. The van der Waals surface area contributed by atoms with Crippen LogP contribution in [-0.4, -0.2) is 47.0 Å². The highest BCUT2D eigenvalue weighted by molar-refractivity contribution is 5.93. The van der Waals surface area contributed by atoms with Crippen LogP contribution in [0.15, 0.2) is 36.4 Å². The fourth-order valence-corrected chi connectivity index (χ4v) is 4.40. The SMILES string of the molecule is Cc1nc(C(=O)N2CCCCC2)cc(N2CCC(Cc3ccccc3)CC2)n1. The van der Waals surface area contributed by atoms with Crippen LogP contribution in [0.3, 0.4) is 0 Å². The largest absolute Gasteiger partial charge is 0.356 e. The molecule has 1 amide bonds. The van der Waals surface area contributed by atoms with E-state index in [9.17, 15) is 4.79 Å². The van der Waals surface area contributed by atoms with Crippen molar-refractivity contribution >= 4 is 11.7 Å². The Kier molecular flexibility index (Phi) is 5.89. The van der Waals surface area contributed by atoms with Gasteiger partial charge in [-0.3, -0.25) is 4.79 Å². The van der Waals surface area contributed by atoms with Gasteiger partial charge < -0.3 is 9.80 Å². The molecule has 2 saturated heterocycles. The minimum absolute atomic E-state index is 0.0606. The molecule has 0 bridgehead atoms. The van der Waals surface area contributed by atoms with Crippen molar-refractivity contribution in [1.82, 2.24) is 14.9 Å². The molecule has 1 aromatic carbocycles. The summed E-state index contributed by atoms with van der Waals surface area (Å²) in [6.07, 6.45) is 6.88. The quantitative estimate of drug-likeness (QED) is 0.810. The summed E-state index contributed by atoms with van der Waals surface area (Å²) >= 11 is 0. The summed E-state index contributed by atoms with van der Waals surface area (Å²) in [4.78, 5) is 26.2. The number of carbonyl (C=O) groups is 1. The number of carbonyl (C=O) groups excluding carboxylic acids is 1. The van der Waals surface area contributed by atoms with Gasteiger partial charge in [0, 0.05) is 32.2 Å². The van der Waals surface area contributed by atoms with Gasteiger partial charge in [0.2, 0.25) is 0 Å². The molecule has 1 aromatic heterocycles. The molecule has 2 aliphatic heterocycles. The number of rotatable bonds is 4. The van der Waals surface area contributed by atoms with E-state index in [1.54, 1.807) is 0 Å². The minimum Gasteiger partial charge on any atom is -0.356 e. The summed E-state index contributed by atoms with van der Waals surface area (Å²) in [7, 11) is 0. The van der Waals surface area contributed by atoms with E-state index in [0.29, 0.717) is 11.5 Å². The molecule has 148 valence electrons. The molecule has 0 aliphatic carbocycles. The number of anilines is 1. The first-order valence-corrected chi connectivity index (χ1v) is 10.6. The molecule has 0 atom stereocenters. The molecule has 3 heterocycles. The first kappa shape index (κ1) is 18.9. The third-order valence-electron chi connectivity index (χ3n) is 5.99. The number of hydrogen-bond acceptors (Lipinski definition) is 4. The Morgan fingerprint density at radius 1 is 1.00 bits per heavy atom. The second kappa shape index (κ2) is 8.72. The third kappa shape index (κ3) is 4.51. The van der Waals surface area contributed by atoms with E-state index in [2.05, 4.69) is 45.2 Å². The Bertz CT molecular complexity index is 794. The van der Waals surface area contributed by atoms with Crippen molar-refractivity contribution in [3.05, 3.63) is 53.5 Å². The van der Waals surface area contributed by atoms with E-state index in [-0.39, 0.29) is 5.91 Å². The van der Waals surface area contributed by atoms with Gasteiger partial charge in [0.05, 0.1) is 0 Å². The topological polar surface area (TPSA) is 49.3 Å². The fraction of sp³-hybridized carbons (Fsp3) is 0.522. The highest BCUT2D eigenvalue weighted by atomic mass is 16.2. The Balaban J connectivity index is 1.40. The smallest absolute Gasteiger partial charge is 0.272 e. The van der Waals surface area contributed by atoms with Crippen molar-refractivity contribution in [2.45, 2.75) is 45.4 Å². The zero-order valence-corrected chi connectivity index (χ0v) is 16.8. The van der Waals surface area contributed by atoms with E-state index in [1.807, 2.05) is 17.9 Å². The van der Waals surface area contributed by atoms with Gasteiger partial charge in [-0.15, -0.1) is 0 Å². The Morgan fingerprint density at radius 2 is 1.71 bits per heavy atom. The lowest BCUT2D eigenvalue weighted by Gasteiger charge is -2.33. The molecule has 5 nitrogen and oxygen atoms in total. The number of piperidine rings is 2. The van der Waals surface area contributed by atoms with Gasteiger partial charge in [-0.2, -0.15) is 0 Å². The molecule has 2 fully saturated rings. The predicted molar refractivity (Wildman–Crippen MR) is 112 cm³/mol. The normalized spacial score (nSPS) is 18.3. The summed E-state index contributed by atoms with van der Waals surface area (Å²) in [5.41, 5.74) is 1.98. The molecule has 2 aromatic rings. The third-order valence-corrected chi connectivity index (χ3v) is 5.99. The Hall–Kier alpha value is -2.43. The van der Waals surface area contributed by atoms with Crippen molar-refractivity contribution < 1.29 is 4.79 Å². The molecule has 4 rings (SSSR count). The lowest BCUT2D eigenvalue weighted by molar-refractivity contribution is 0.0718. The van der Waals surface area contributed by atoms with Crippen LogP contribution in [0.2, 0.25) is 0 Å². The maximum absolute atomic E-state index is 12.9. The number of aryl methyl sites for hydroxylation is 1. The Labute approximate surface area is 167 Å².